The van der Waals surface area contributed by atoms with Crippen LogP contribution in [0.1, 0.15) is 0 Å². The van der Waals surface area contributed by atoms with Gasteiger partial charge in [0.05, 0.1) is 0 Å². The molecule has 0 fully saturated rings. The molecule has 0 atom stereocenters. The number of hydrogen-bond acceptors (Lipinski definition) is 4. The van der Waals surface area contributed by atoms with Crippen LogP contribution >= 0.6 is 0 Å². The third kappa shape index (κ3) is 1.38. The van der Waals surface area contributed by atoms with Crippen molar-refractivity contribution in [3.8, 4) is 5.88 Å². The Bertz CT molecular complexity index is 243. The molecular formula is C4H6N4O2. The molecule has 6 heteroatoms. The molecule has 1 aromatic rings. The maximum atomic E-state index is 10.1. The van der Waals surface area contributed by atoms with E-state index in [1.807, 2.05) is 0 Å². The fourth-order valence-electron chi connectivity index (χ4n) is 0.473. The summed E-state index contributed by atoms with van der Waals surface area (Å²) < 4.78 is 4.35. The molecule has 0 aliphatic rings. The number of H-pyrrole nitrogens is 1. The van der Waals surface area contributed by atoms with Crippen LogP contribution in [0.15, 0.2) is 6.07 Å². The lowest BCUT2D eigenvalue weighted by Gasteiger charge is -1.90. The molecule has 10 heavy (non-hydrogen) atoms. The second-order valence-electron chi connectivity index (χ2n) is 1.58. The Balaban J connectivity index is 2.67. The van der Waals surface area contributed by atoms with Crippen LogP contribution in [0.2, 0.25) is 0 Å². The topological polar surface area (TPSA) is 107 Å². The van der Waals surface area contributed by atoms with Crippen molar-refractivity contribution >= 4 is 11.9 Å². The summed E-state index contributed by atoms with van der Waals surface area (Å²) in [6.45, 7) is 0. The van der Waals surface area contributed by atoms with Gasteiger partial charge in [-0.3, -0.25) is 5.10 Å². The molecule has 0 aliphatic heterocycles. The molecule has 0 saturated carbocycles. The van der Waals surface area contributed by atoms with Crippen molar-refractivity contribution in [3.63, 3.8) is 0 Å². The SMILES string of the molecule is NC(=O)Oc1cc(N)[nH]n1. The third-order valence-electron chi connectivity index (χ3n) is 0.779. The van der Waals surface area contributed by atoms with Crippen LogP contribution in [0.5, 0.6) is 5.88 Å². The molecule has 5 N–H and O–H groups in total. The van der Waals surface area contributed by atoms with Crippen molar-refractivity contribution in [1.29, 1.82) is 0 Å². The summed E-state index contributed by atoms with van der Waals surface area (Å²) in [6, 6.07) is 1.35. The Labute approximate surface area is 56.1 Å². The highest BCUT2D eigenvalue weighted by Gasteiger charge is 2.00. The first-order valence-electron chi connectivity index (χ1n) is 2.46. The van der Waals surface area contributed by atoms with Crippen LogP contribution < -0.4 is 16.2 Å². The summed E-state index contributed by atoms with van der Waals surface area (Å²) in [5, 5.41) is 5.85. The molecule has 54 valence electrons. The van der Waals surface area contributed by atoms with E-state index in [-0.39, 0.29) is 5.88 Å². The van der Waals surface area contributed by atoms with E-state index < -0.39 is 6.09 Å². The lowest BCUT2D eigenvalue weighted by molar-refractivity contribution is 0.209. The largest absolute Gasteiger partial charge is 0.411 e. The average Bonchev–Trinajstić information content (AvgIpc) is 2.13. The fraction of sp³-hybridized carbons (Fsp3) is 0. The average molecular weight is 142 g/mol. The number of aromatic amines is 1. The van der Waals surface area contributed by atoms with Gasteiger partial charge >= 0.3 is 6.09 Å². The van der Waals surface area contributed by atoms with Gasteiger partial charge in [0.25, 0.3) is 0 Å². The van der Waals surface area contributed by atoms with Gasteiger partial charge < -0.3 is 16.2 Å². The molecule has 1 rings (SSSR count). The van der Waals surface area contributed by atoms with Crippen LogP contribution in [0.25, 0.3) is 0 Å². The molecule has 1 amide bonds. The van der Waals surface area contributed by atoms with Crippen molar-refractivity contribution in [3.05, 3.63) is 6.07 Å². The summed E-state index contributed by atoms with van der Waals surface area (Å²) in [5.41, 5.74) is 9.88. The maximum absolute atomic E-state index is 10.1. The Morgan fingerprint density at radius 3 is 2.90 bits per heavy atom. The molecule has 0 bridgehead atoms. The molecule has 0 saturated heterocycles. The van der Waals surface area contributed by atoms with E-state index in [0.717, 1.165) is 0 Å². The number of ether oxygens (including phenoxy) is 1. The summed E-state index contributed by atoms with van der Waals surface area (Å²) in [6.07, 6.45) is -0.911. The highest BCUT2D eigenvalue weighted by Crippen LogP contribution is 2.07. The van der Waals surface area contributed by atoms with Crippen molar-refractivity contribution in [2.45, 2.75) is 0 Å². The first kappa shape index (κ1) is 6.40. The van der Waals surface area contributed by atoms with Gasteiger partial charge in [-0.2, -0.15) is 0 Å². The number of nitrogen functional groups attached to an aromatic ring is 1. The summed E-state index contributed by atoms with van der Waals surface area (Å²) in [4.78, 5) is 10.1. The maximum Gasteiger partial charge on any atom is 0.411 e. The number of aromatic nitrogens is 2. The second kappa shape index (κ2) is 2.26. The highest BCUT2D eigenvalue weighted by atomic mass is 16.6. The van der Waals surface area contributed by atoms with Crippen LogP contribution in [0.3, 0.4) is 0 Å². The molecule has 1 aromatic heterocycles. The molecule has 0 unspecified atom stereocenters. The number of carbonyl (C=O) groups is 1. The summed E-state index contributed by atoms with van der Waals surface area (Å²) in [5.74, 6) is 0.390. The second-order valence-corrected chi connectivity index (χ2v) is 1.58. The predicted octanol–water partition coefficient (Wildman–Crippen LogP) is -0.551. The number of nitrogens with two attached hydrogens (primary N) is 2. The smallest absolute Gasteiger partial charge is 0.390 e. The number of rotatable bonds is 1. The molecule has 1 heterocycles. The zero-order chi connectivity index (χ0) is 7.56. The van der Waals surface area contributed by atoms with Crippen molar-refractivity contribution in [2.24, 2.45) is 5.73 Å². The van der Waals surface area contributed by atoms with Crippen LogP contribution in [-0.2, 0) is 0 Å². The lowest BCUT2D eigenvalue weighted by atomic mass is 10.6. The van der Waals surface area contributed by atoms with Crippen LogP contribution in [0, 0.1) is 0 Å². The summed E-state index contributed by atoms with van der Waals surface area (Å²) >= 11 is 0. The molecule has 0 spiro atoms. The Morgan fingerprint density at radius 1 is 1.80 bits per heavy atom. The number of nitrogens with one attached hydrogen (secondary N) is 1. The minimum atomic E-state index is -0.911. The van der Waals surface area contributed by atoms with E-state index in [1.165, 1.54) is 6.07 Å². The summed E-state index contributed by atoms with van der Waals surface area (Å²) in [7, 11) is 0. The van der Waals surface area contributed by atoms with Gasteiger partial charge in [0.1, 0.15) is 5.82 Å². The molecule has 0 aliphatic carbocycles. The molecule has 0 radical (unpaired) electrons. The monoisotopic (exact) mass is 142 g/mol. The van der Waals surface area contributed by atoms with Gasteiger partial charge in [0.15, 0.2) is 0 Å². The number of primary amides is 1. The Kier molecular flexibility index (Phi) is 1.44. The lowest BCUT2D eigenvalue weighted by Crippen LogP contribution is -2.16. The number of hydrogen-bond donors (Lipinski definition) is 3. The minimum Gasteiger partial charge on any atom is -0.390 e. The standard InChI is InChI=1S/C4H6N4O2/c5-2-1-3(8-7-2)10-4(6)9/h1H,(H2,6,9)(H3,5,7,8). The normalized spacial score (nSPS) is 9.20. The quantitative estimate of drug-likeness (QED) is 0.488. The number of nitrogens with zero attached hydrogens (tertiary/aromatic N) is 1. The predicted molar refractivity (Wildman–Crippen MR) is 33.2 cm³/mol. The van der Waals surface area contributed by atoms with Crippen LogP contribution in [-0.4, -0.2) is 16.3 Å². The van der Waals surface area contributed by atoms with Gasteiger partial charge in [-0.15, -0.1) is 5.10 Å². The van der Waals surface area contributed by atoms with Gasteiger partial charge in [0.2, 0.25) is 5.88 Å². The minimum absolute atomic E-state index is 0.0741. The number of anilines is 1. The van der Waals surface area contributed by atoms with Gasteiger partial charge in [-0.25, -0.2) is 4.79 Å². The molecule has 6 nitrogen and oxygen atoms in total. The first-order chi connectivity index (χ1) is 4.68. The third-order valence-corrected chi connectivity index (χ3v) is 0.779. The fourth-order valence-corrected chi connectivity index (χ4v) is 0.473. The van der Waals surface area contributed by atoms with Gasteiger partial charge in [-0.1, -0.05) is 0 Å². The van der Waals surface area contributed by atoms with Gasteiger partial charge in [0, 0.05) is 6.07 Å². The van der Waals surface area contributed by atoms with E-state index in [0.29, 0.717) is 5.82 Å². The van der Waals surface area contributed by atoms with Crippen molar-refractivity contribution in [2.75, 3.05) is 5.73 Å². The number of amides is 1. The van der Waals surface area contributed by atoms with E-state index in [4.69, 9.17) is 5.73 Å². The number of carbonyl (C=O) groups excluding carboxylic acids is 1. The van der Waals surface area contributed by atoms with E-state index in [1.54, 1.807) is 0 Å². The van der Waals surface area contributed by atoms with E-state index >= 15 is 0 Å². The Morgan fingerprint density at radius 2 is 2.50 bits per heavy atom. The molecule has 0 aromatic carbocycles. The van der Waals surface area contributed by atoms with Crippen molar-refractivity contribution < 1.29 is 9.53 Å². The molecular weight excluding hydrogens is 136 g/mol. The Hall–Kier alpha value is -1.72. The van der Waals surface area contributed by atoms with E-state index in [9.17, 15) is 4.79 Å². The van der Waals surface area contributed by atoms with Crippen molar-refractivity contribution in [1.82, 2.24) is 10.2 Å². The van der Waals surface area contributed by atoms with Crippen LogP contribution in [0.4, 0.5) is 10.6 Å². The zero-order valence-electron chi connectivity index (χ0n) is 5.00. The highest BCUT2D eigenvalue weighted by molar-refractivity contribution is 5.67. The van der Waals surface area contributed by atoms with E-state index in [2.05, 4.69) is 20.7 Å². The zero-order valence-corrected chi connectivity index (χ0v) is 5.00. The first-order valence-corrected chi connectivity index (χ1v) is 2.46. The van der Waals surface area contributed by atoms with Gasteiger partial charge in [-0.05, 0) is 0 Å².